The minimum Gasteiger partial charge on any atom is -0.345 e. The molecule has 0 aromatic carbocycles. The second kappa shape index (κ2) is 5.24. The number of halogens is 3. The maximum absolute atomic E-state index is 11.7. The molecule has 1 aromatic heterocycles. The van der Waals surface area contributed by atoms with Crippen molar-refractivity contribution < 1.29 is 4.79 Å². The molecule has 1 aromatic rings. The van der Waals surface area contributed by atoms with Crippen LogP contribution in [0.1, 0.15) is 30.3 Å². The predicted octanol–water partition coefficient (Wildman–Crippen LogP) is 3.84. The Labute approximate surface area is 104 Å². The topological polar surface area (TPSA) is 22.0 Å². The monoisotopic (exact) mass is 267 g/mol. The fourth-order valence-corrected chi connectivity index (χ4v) is 1.58. The number of nitrogens with zero attached hydrogens (tertiary/aromatic N) is 1. The maximum atomic E-state index is 11.7. The molecule has 0 atom stereocenters. The van der Waals surface area contributed by atoms with Crippen molar-refractivity contribution in [2.75, 3.05) is 0 Å². The molecule has 0 radical (unpaired) electrons. The standard InChI is InChI=1S/C10H12Cl3NO/c1-2-3-6-14-7-4-5-8(14)9(15)10(11,12)13/h4-5,7H,2-3,6H2,1H3. The Hall–Kier alpha value is -0.180. The first-order valence-corrected chi connectivity index (χ1v) is 5.87. The summed E-state index contributed by atoms with van der Waals surface area (Å²) in [4.78, 5) is 11.7. The van der Waals surface area contributed by atoms with Gasteiger partial charge in [0.2, 0.25) is 5.78 Å². The van der Waals surface area contributed by atoms with E-state index in [1.807, 2.05) is 10.8 Å². The van der Waals surface area contributed by atoms with E-state index in [-0.39, 0.29) is 0 Å². The lowest BCUT2D eigenvalue weighted by atomic mass is 10.3. The van der Waals surface area contributed by atoms with E-state index in [1.54, 1.807) is 12.1 Å². The number of unbranched alkanes of at least 4 members (excludes halogenated alkanes) is 1. The minimum atomic E-state index is -1.87. The van der Waals surface area contributed by atoms with Crippen molar-refractivity contribution in [1.29, 1.82) is 0 Å². The van der Waals surface area contributed by atoms with Crippen LogP contribution in [-0.2, 0) is 6.54 Å². The predicted molar refractivity (Wildman–Crippen MR) is 64.0 cm³/mol. The largest absolute Gasteiger partial charge is 0.345 e. The second-order valence-corrected chi connectivity index (χ2v) is 5.55. The number of aryl methyl sites for hydroxylation is 1. The van der Waals surface area contributed by atoms with E-state index >= 15 is 0 Å². The van der Waals surface area contributed by atoms with Gasteiger partial charge in [-0.25, -0.2) is 0 Å². The van der Waals surface area contributed by atoms with Gasteiger partial charge in [-0.1, -0.05) is 48.1 Å². The lowest BCUT2D eigenvalue weighted by Gasteiger charge is -2.12. The highest BCUT2D eigenvalue weighted by Gasteiger charge is 2.33. The molecule has 15 heavy (non-hydrogen) atoms. The van der Waals surface area contributed by atoms with Gasteiger partial charge in [0, 0.05) is 12.7 Å². The summed E-state index contributed by atoms with van der Waals surface area (Å²) < 4.78 is -0.0595. The van der Waals surface area contributed by atoms with Crippen LogP contribution in [0, 0.1) is 0 Å². The Morgan fingerprint density at radius 3 is 2.67 bits per heavy atom. The summed E-state index contributed by atoms with van der Waals surface area (Å²) >= 11 is 16.6. The highest BCUT2D eigenvalue weighted by molar-refractivity contribution is 6.77. The molecule has 1 heterocycles. The summed E-state index contributed by atoms with van der Waals surface area (Å²) in [5, 5.41) is 0. The average molecular weight is 269 g/mol. The Bertz CT molecular complexity index is 341. The van der Waals surface area contributed by atoms with Gasteiger partial charge in [-0.2, -0.15) is 0 Å². The molecule has 2 nitrogen and oxygen atoms in total. The van der Waals surface area contributed by atoms with Crippen molar-refractivity contribution in [3.63, 3.8) is 0 Å². The Morgan fingerprint density at radius 1 is 1.47 bits per heavy atom. The van der Waals surface area contributed by atoms with Gasteiger partial charge in [-0.05, 0) is 18.6 Å². The van der Waals surface area contributed by atoms with Crippen LogP contribution in [0.15, 0.2) is 18.3 Å². The number of hydrogen-bond acceptors (Lipinski definition) is 1. The molecule has 0 amide bonds. The van der Waals surface area contributed by atoms with E-state index in [1.165, 1.54) is 0 Å². The van der Waals surface area contributed by atoms with Crippen molar-refractivity contribution in [3.05, 3.63) is 24.0 Å². The molecule has 0 aliphatic rings. The Kier molecular flexibility index (Phi) is 4.50. The SMILES string of the molecule is CCCCn1cccc1C(=O)C(Cl)(Cl)Cl. The molecule has 0 unspecified atom stereocenters. The molecule has 0 saturated heterocycles. The van der Waals surface area contributed by atoms with Crippen molar-refractivity contribution in [2.24, 2.45) is 0 Å². The summed E-state index contributed by atoms with van der Waals surface area (Å²) in [7, 11) is 0. The lowest BCUT2D eigenvalue weighted by molar-refractivity contribution is 0.0987. The molecule has 0 fully saturated rings. The number of ketones is 1. The van der Waals surface area contributed by atoms with Crippen LogP contribution in [0.4, 0.5) is 0 Å². The fraction of sp³-hybridized carbons (Fsp3) is 0.500. The molecule has 0 aliphatic heterocycles. The number of Topliss-reactive ketones (excluding diaryl/α,β-unsaturated/α-hetero) is 1. The number of carbonyl (C=O) groups excluding carboxylic acids is 1. The molecule has 0 bridgehead atoms. The first-order valence-electron chi connectivity index (χ1n) is 4.73. The van der Waals surface area contributed by atoms with E-state index in [9.17, 15) is 4.79 Å². The van der Waals surface area contributed by atoms with E-state index in [4.69, 9.17) is 34.8 Å². The third kappa shape index (κ3) is 3.40. The van der Waals surface area contributed by atoms with Crippen LogP contribution in [0.3, 0.4) is 0 Å². The molecule has 84 valence electrons. The molecule has 0 saturated carbocycles. The van der Waals surface area contributed by atoms with Crippen molar-refractivity contribution in [2.45, 2.75) is 30.1 Å². The number of alkyl halides is 3. The number of aromatic nitrogens is 1. The molecule has 0 spiro atoms. The van der Waals surface area contributed by atoms with Gasteiger partial charge in [-0.3, -0.25) is 4.79 Å². The number of rotatable bonds is 4. The number of hydrogen-bond donors (Lipinski definition) is 0. The first-order chi connectivity index (χ1) is 6.96. The zero-order chi connectivity index (χ0) is 11.5. The van der Waals surface area contributed by atoms with Crippen LogP contribution in [0.25, 0.3) is 0 Å². The summed E-state index contributed by atoms with van der Waals surface area (Å²) in [5.41, 5.74) is 0.448. The quantitative estimate of drug-likeness (QED) is 0.601. The van der Waals surface area contributed by atoms with Gasteiger partial charge < -0.3 is 4.57 Å². The van der Waals surface area contributed by atoms with Gasteiger partial charge >= 0.3 is 0 Å². The van der Waals surface area contributed by atoms with Crippen LogP contribution in [0.5, 0.6) is 0 Å². The van der Waals surface area contributed by atoms with E-state index in [2.05, 4.69) is 6.92 Å². The molecular formula is C10H12Cl3NO. The highest BCUT2D eigenvalue weighted by Crippen LogP contribution is 2.30. The third-order valence-electron chi connectivity index (χ3n) is 2.07. The summed E-state index contributed by atoms with van der Waals surface area (Å²) in [6.45, 7) is 2.85. The summed E-state index contributed by atoms with van der Waals surface area (Å²) in [6.07, 6.45) is 3.87. The number of carbonyl (C=O) groups is 1. The van der Waals surface area contributed by atoms with Crippen LogP contribution >= 0.6 is 34.8 Å². The van der Waals surface area contributed by atoms with Gasteiger partial charge in [0.05, 0.1) is 5.69 Å². The molecule has 1 rings (SSSR count). The van der Waals surface area contributed by atoms with E-state index < -0.39 is 9.58 Å². The van der Waals surface area contributed by atoms with Crippen molar-refractivity contribution in [1.82, 2.24) is 4.57 Å². The van der Waals surface area contributed by atoms with E-state index in [0.717, 1.165) is 19.4 Å². The zero-order valence-electron chi connectivity index (χ0n) is 8.34. The maximum Gasteiger partial charge on any atom is 0.255 e. The second-order valence-electron chi connectivity index (χ2n) is 3.27. The summed E-state index contributed by atoms with van der Waals surface area (Å²) in [5.74, 6) is -0.478. The van der Waals surface area contributed by atoms with Crippen molar-refractivity contribution >= 4 is 40.6 Å². The lowest BCUT2D eigenvalue weighted by Crippen LogP contribution is -2.22. The van der Waals surface area contributed by atoms with Crippen molar-refractivity contribution in [3.8, 4) is 0 Å². The van der Waals surface area contributed by atoms with Crippen LogP contribution in [0.2, 0.25) is 0 Å². The van der Waals surface area contributed by atoms with Gasteiger partial charge in [0.15, 0.2) is 0 Å². The fourth-order valence-electron chi connectivity index (χ4n) is 1.29. The van der Waals surface area contributed by atoms with E-state index in [0.29, 0.717) is 5.69 Å². The normalized spacial score (nSPS) is 11.7. The zero-order valence-corrected chi connectivity index (χ0v) is 10.6. The van der Waals surface area contributed by atoms with Crippen LogP contribution < -0.4 is 0 Å². The van der Waals surface area contributed by atoms with Crippen LogP contribution in [-0.4, -0.2) is 14.1 Å². The smallest absolute Gasteiger partial charge is 0.255 e. The van der Waals surface area contributed by atoms with Gasteiger partial charge in [-0.15, -0.1) is 0 Å². The highest BCUT2D eigenvalue weighted by atomic mass is 35.6. The Morgan fingerprint density at radius 2 is 2.13 bits per heavy atom. The average Bonchev–Trinajstić information content (AvgIpc) is 2.59. The third-order valence-corrected chi connectivity index (χ3v) is 2.59. The summed E-state index contributed by atoms with van der Waals surface area (Å²) in [6, 6.07) is 3.44. The molecule has 0 N–H and O–H groups in total. The van der Waals surface area contributed by atoms with Gasteiger partial charge in [0.1, 0.15) is 0 Å². The molecule has 0 aliphatic carbocycles. The molecule has 5 heteroatoms. The van der Waals surface area contributed by atoms with Gasteiger partial charge in [0.25, 0.3) is 3.79 Å². The Balaban J connectivity index is 2.85. The molecular weight excluding hydrogens is 256 g/mol. The first kappa shape index (κ1) is 12.9. The minimum absolute atomic E-state index is 0.448.